The molecule has 3 heterocycles. The Bertz CT molecular complexity index is 980. The minimum Gasteiger partial charge on any atom is -0.335 e. The van der Waals surface area contributed by atoms with Gasteiger partial charge in [-0.05, 0) is 34.1 Å². The maximum absolute atomic E-state index is 12.9. The zero-order valence-electron chi connectivity index (χ0n) is 14.3. The second kappa shape index (κ2) is 7.75. The number of carbonyl (C=O) groups excluding carboxylic acids is 1. The fourth-order valence-electron chi connectivity index (χ4n) is 3.16. The molecule has 1 amide bonds. The highest BCUT2D eigenvalue weighted by Gasteiger charge is 2.27. The molecular formula is C18H16BrCl2N5O. The molecule has 0 atom stereocenters. The Morgan fingerprint density at radius 3 is 2.48 bits per heavy atom. The van der Waals surface area contributed by atoms with Crippen molar-refractivity contribution in [2.24, 2.45) is 0 Å². The highest BCUT2D eigenvalue weighted by molar-refractivity contribution is 9.10. The minimum atomic E-state index is -0.0946. The van der Waals surface area contributed by atoms with E-state index in [1.807, 2.05) is 23.1 Å². The molecule has 0 aliphatic carbocycles. The largest absolute Gasteiger partial charge is 0.335 e. The number of carbonyl (C=O) groups is 1. The molecule has 27 heavy (non-hydrogen) atoms. The lowest BCUT2D eigenvalue weighted by atomic mass is 10.2. The van der Waals surface area contributed by atoms with Crippen molar-refractivity contribution in [3.05, 3.63) is 62.4 Å². The normalized spacial score (nSPS) is 15.4. The van der Waals surface area contributed by atoms with Crippen molar-refractivity contribution in [1.82, 2.24) is 24.4 Å². The lowest BCUT2D eigenvalue weighted by Gasteiger charge is -2.34. The maximum atomic E-state index is 12.9. The van der Waals surface area contributed by atoms with Crippen molar-refractivity contribution in [2.45, 2.75) is 6.54 Å². The van der Waals surface area contributed by atoms with Crippen molar-refractivity contribution >= 4 is 50.7 Å². The molecule has 2 aromatic heterocycles. The Morgan fingerprint density at radius 2 is 1.81 bits per heavy atom. The summed E-state index contributed by atoms with van der Waals surface area (Å²) < 4.78 is 2.23. The number of aromatic nitrogens is 3. The van der Waals surface area contributed by atoms with Crippen LogP contribution in [0.2, 0.25) is 10.0 Å². The third-order valence-electron chi connectivity index (χ3n) is 4.64. The van der Waals surface area contributed by atoms with Gasteiger partial charge in [-0.3, -0.25) is 9.69 Å². The van der Waals surface area contributed by atoms with Crippen LogP contribution in [0.15, 0.2) is 41.1 Å². The Hall–Kier alpha value is -1.67. The second-order valence-electron chi connectivity index (χ2n) is 6.32. The van der Waals surface area contributed by atoms with Crippen molar-refractivity contribution in [3.63, 3.8) is 0 Å². The third-order valence-corrected chi connectivity index (χ3v) is 6.08. The van der Waals surface area contributed by atoms with E-state index >= 15 is 0 Å². The van der Waals surface area contributed by atoms with Crippen LogP contribution >= 0.6 is 39.1 Å². The van der Waals surface area contributed by atoms with Gasteiger partial charge in [-0.25, -0.2) is 9.50 Å². The molecule has 3 aromatic rings. The van der Waals surface area contributed by atoms with Gasteiger partial charge in [0.25, 0.3) is 5.91 Å². The number of piperazine rings is 1. The van der Waals surface area contributed by atoms with Gasteiger partial charge in [0.05, 0.1) is 4.47 Å². The molecule has 0 spiro atoms. The van der Waals surface area contributed by atoms with Crippen molar-refractivity contribution in [3.8, 4) is 0 Å². The van der Waals surface area contributed by atoms with Gasteiger partial charge in [-0.1, -0.05) is 29.3 Å². The lowest BCUT2D eigenvalue weighted by Crippen LogP contribution is -2.48. The summed E-state index contributed by atoms with van der Waals surface area (Å²) in [6.07, 6.45) is 3.45. The summed E-state index contributed by atoms with van der Waals surface area (Å²) in [6.45, 7) is 3.40. The molecule has 1 aliphatic rings. The topological polar surface area (TPSA) is 53.7 Å². The predicted molar refractivity (Wildman–Crippen MR) is 108 cm³/mol. The first-order valence-electron chi connectivity index (χ1n) is 8.48. The Balaban J connectivity index is 1.44. The van der Waals surface area contributed by atoms with E-state index in [1.165, 1.54) is 0 Å². The third kappa shape index (κ3) is 3.69. The molecular weight excluding hydrogens is 453 g/mol. The number of hydrogen-bond acceptors (Lipinski definition) is 4. The SMILES string of the molecule is O=C(c1nn2cccnc2c1Br)N1CCN(Cc2c(Cl)cccc2Cl)CC1. The van der Waals surface area contributed by atoms with Gasteiger partial charge >= 0.3 is 0 Å². The first-order valence-corrected chi connectivity index (χ1v) is 10.0. The second-order valence-corrected chi connectivity index (χ2v) is 7.93. The van der Waals surface area contributed by atoms with Gasteiger partial charge in [-0.2, -0.15) is 5.10 Å². The molecule has 1 aliphatic heterocycles. The highest BCUT2D eigenvalue weighted by atomic mass is 79.9. The smallest absolute Gasteiger partial charge is 0.275 e. The van der Waals surface area contributed by atoms with Gasteiger partial charge < -0.3 is 4.90 Å². The average molecular weight is 469 g/mol. The minimum absolute atomic E-state index is 0.0946. The van der Waals surface area contributed by atoms with E-state index in [0.717, 1.165) is 18.7 Å². The zero-order valence-corrected chi connectivity index (χ0v) is 17.4. The number of hydrogen-bond donors (Lipinski definition) is 0. The van der Waals surface area contributed by atoms with Crippen LogP contribution in [0.3, 0.4) is 0 Å². The van der Waals surface area contributed by atoms with Crippen LogP contribution < -0.4 is 0 Å². The van der Waals surface area contributed by atoms with Crippen molar-refractivity contribution < 1.29 is 4.79 Å². The standard InChI is InChI=1S/C18H16BrCl2N5O/c19-15-16(23-26-6-2-5-22-17(15)26)18(27)25-9-7-24(8-10-25)11-12-13(20)3-1-4-14(12)21/h1-6H,7-11H2. The number of fused-ring (bicyclic) bond motifs is 1. The number of nitrogens with zero attached hydrogens (tertiary/aromatic N) is 5. The summed E-state index contributed by atoms with van der Waals surface area (Å²) in [7, 11) is 0. The van der Waals surface area contributed by atoms with Crippen molar-refractivity contribution in [2.75, 3.05) is 26.2 Å². The average Bonchev–Trinajstić information content (AvgIpc) is 3.02. The summed E-state index contributed by atoms with van der Waals surface area (Å²) in [4.78, 5) is 21.2. The molecule has 4 rings (SSSR count). The molecule has 1 fully saturated rings. The molecule has 6 nitrogen and oxygen atoms in total. The van der Waals surface area contributed by atoms with E-state index in [4.69, 9.17) is 23.2 Å². The quantitative estimate of drug-likeness (QED) is 0.587. The summed E-state index contributed by atoms with van der Waals surface area (Å²) in [5.74, 6) is -0.0946. The van der Waals surface area contributed by atoms with Crippen LogP contribution in [-0.2, 0) is 6.54 Å². The summed E-state index contributed by atoms with van der Waals surface area (Å²) in [5, 5.41) is 5.70. The maximum Gasteiger partial charge on any atom is 0.275 e. The fourth-order valence-corrected chi connectivity index (χ4v) is 4.21. The van der Waals surface area contributed by atoms with E-state index in [-0.39, 0.29) is 5.91 Å². The Morgan fingerprint density at radius 1 is 1.11 bits per heavy atom. The molecule has 9 heteroatoms. The van der Waals surface area contributed by atoms with Crippen molar-refractivity contribution in [1.29, 1.82) is 0 Å². The van der Waals surface area contributed by atoms with Crippen LogP contribution in [0, 0.1) is 0 Å². The molecule has 0 unspecified atom stereocenters. The number of benzene rings is 1. The molecule has 0 bridgehead atoms. The molecule has 140 valence electrons. The number of amides is 1. The van der Waals surface area contributed by atoms with Gasteiger partial charge in [0, 0.05) is 60.7 Å². The van der Waals surface area contributed by atoms with Crippen LogP contribution in [0.25, 0.3) is 5.65 Å². The monoisotopic (exact) mass is 467 g/mol. The highest BCUT2D eigenvalue weighted by Crippen LogP contribution is 2.27. The lowest BCUT2D eigenvalue weighted by molar-refractivity contribution is 0.0621. The Kier molecular flexibility index (Phi) is 5.36. The van der Waals surface area contributed by atoms with Gasteiger partial charge in [0.1, 0.15) is 0 Å². The van der Waals surface area contributed by atoms with Crippen LogP contribution in [-0.4, -0.2) is 56.5 Å². The van der Waals surface area contributed by atoms with E-state index in [9.17, 15) is 4.79 Å². The van der Waals surface area contributed by atoms with Crippen LogP contribution in [0.5, 0.6) is 0 Å². The predicted octanol–water partition coefficient (Wildman–Crippen LogP) is 3.76. The molecule has 1 aromatic carbocycles. The first kappa shape index (κ1) is 18.7. The molecule has 0 N–H and O–H groups in total. The fraction of sp³-hybridized carbons (Fsp3) is 0.278. The van der Waals surface area contributed by atoms with Crippen LogP contribution in [0.4, 0.5) is 0 Å². The summed E-state index contributed by atoms with van der Waals surface area (Å²) in [5.41, 5.74) is 1.94. The van der Waals surface area contributed by atoms with E-state index < -0.39 is 0 Å². The van der Waals surface area contributed by atoms with E-state index in [1.54, 1.807) is 23.0 Å². The Labute approximate surface area is 174 Å². The molecule has 0 saturated carbocycles. The van der Waals surface area contributed by atoms with E-state index in [2.05, 4.69) is 30.9 Å². The van der Waals surface area contributed by atoms with Crippen LogP contribution in [0.1, 0.15) is 16.1 Å². The summed E-state index contributed by atoms with van der Waals surface area (Å²) in [6, 6.07) is 7.31. The molecule has 0 radical (unpaired) electrons. The zero-order chi connectivity index (χ0) is 19.0. The van der Waals surface area contributed by atoms with Gasteiger partial charge in [-0.15, -0.1) is 0 Å². The number of halogens is 3. The molecule has 1 saturated heterocycles. The first-order chi connectivity index (χ1) is 13.0. The van der Waals surface area contributed by atoms with Gasteiger partial charge in [0.15, 0.2) is 11.3 Å². The number of rotatable bonds is 3. The summed E-state index contributed by atoms with van der Waals surface area (Å²) >= 11 is 16.0. The van der Waals surface area contributed by atoms with Gasteiger partial charge in [0.2, 0.25) is 0 Å². The van der Waals surface area contributed by atoms with E-state index in [0.29, 0.717) is 45.5 Å².